The van der Waals surface area contributed by atoms with E-state index in [1.165, 1.54) is 19.2 Å². The van der Waals surface area contributed by atoms with Crippen molar-refractivity contribution >= 4 is 34.8 Å². The Morgan fingerprint density at radius 1 is 1.20 bits per heavy atom. The maximum absolute atomic E-state index is 10.6. The molecule has 0 atom stereocenters. The molecule has 1 aromatic heterocycles. The Balaban J connectivity index is 0.000000336. The molecule has 0 unspecified atom stereocenters. The highest BCUT2D eigenvalue weighted by Gasteiger charge is 1.99. The molecule has 2 N–H and O–H groups in total. The number of nitrogens with zero attached hydrogens (tertiary/aromatic N) is 1. The van der Waals surface area contributed by atoms with Gasteiger partial charge in [0.2, 0.25) is 0 Å². The fourth-order valence-electron chi connectivity index (χ4n) is 0.717. The lowest BCUT2D eigenvalue weighted by Gasteiger charge is -2.06. The Kier molecular flexibility index (Phi) is 7.88. The average molecular weight is 272 g/mol. The molecule has 1 heterocycles. The molecule has 15 heavy (non-hydrogen) atoms. The molecule has 0 bridgehead atoms. The summed E-state index contributed by atoms with van der Waals surface area (Å²) in [4.78, 5) is 3.32. The Bertz CT molecular complexity index is 255. The molecule has 1 rings (SSSR count). The monoisotopic (exact) mass is 270 g/mol. The van der Waals surface area contributed by atoms with Crippen molar-refractivity contribution in [1.29, 1.82) is 0 Å². The Labute approximate surface area is 104 Å². The second-order valence-corrected chi connectivity index (χ2v) is 3.83. The van der Waals surface area contributed by atoms with Gasteiger partial charge in [-0.05, 0) is 19.9 Å². The van der Waals surface area contributed by atoms with Gasteiger partial charge in [-0.1, -0.05) is 34.8 Å². The largest absolute Gasteiger partial charge is 0.858 e. The van der Waals surface area contributed by atoms with Crippen LogP contribution in [0.25, 0.3) is 0 Å². The molecule has 0 aliphatic rings. The van der Waals surface area contributed by atoms with Gasteiger partial charge in [0.1, 0.15) is 5.15 Å². The second-order valence-electron chi connectivity index (χ2n) is 2.65. The van der Waals surface area contributed by atoms with Crippen LogP contribution in [0.5, 0.6) is 5.88 Å². The van der Waals surface area contributed by atoms with Crippen LogP contribution in [-0.4, -0.2) is 18.1 Å². The third-order valence-electron chi connectivity index (χ3n) is 1.43. The van der Waals surface area contributed by atoms with Crippen molar-refractivity contribution in [2.75, 3.05) is 13.1 Å². The van der Waals surface area contributed by atoms with Crippen molar-refractivity contribution < 1.29 is 10.4 Å². The van der Waals surface area contributed by atoms with E-state index in [0.29, 0.717) is 0 Å². The summed E-state index contributed by atoms with van der Waals surface area (Å²) in [5, 5.41) is 13.0. The molecule has 86 valence electrons. The topological polar surface area (TPSA) is 52.6 Å². The van der Waals surface area contributed by atoms with Gasteiger partial charge >= 0.3 is 0 Å². The minimum atomic E-state index is -0.559. The standard InChI is InChI=1S/C5H2Cl3NO.C4H11N/c6-2-1-3(7)5(10)9-4(2)8;1-3-5-4-2/h1H,(H,9,10);5H,3-4H2,1-2H3. The molecule has 0 aromatic carbocycles. The second kappa shape index (κ2) is 7.99. The summed E-state index contributed by atoms with van der Waals surface area (Å²) in [5.74, 6) is -0.559. The normalized spacial score (nSPS) is 9.40. The molecular weight excluding hydrogens is 258 g/mol. The summed E-state index contributed by atoms with van der Waals surface area (Å²) in [6.07, 6.45) is 0. The van der Waals surface area contributed by atoms with E-state index >= 15 is 0 Å². The molecular formula is C9H13Cl3N2O. The van der Waals surface area contributed by atoms with Gasteiger partial charge in [0.15, 0.2) is 0 Å². The van der Waals surface area contributed by atoms with Crippen LogP contribution >= 0.6 is 34.8 Å². The maximum Gasteiger partial charge on any atom is 0.146 e. The van der Waals surface area contributed by atoms with E-state index in [1.54, 1.807) is 0 Å². The lowest BCUT2D eigenvalue weighted by Crippen LogP contribution is -2.82. The van der Waals surface area contributed by atoms with Gasteiger partial charge < -0.3 is 10.4 Å². The van der Waals surface area contributed by atoms with Gasteiger partial charge in [-0.3, -0.25) is 0 Å². The van der Waals surface area contributed by atoms with Crippen molar-refractivity contribution in [2.45, 2.75) is 13.8 Å². The number of rotatable bonds is 2. The predicted molar refractivity (Wildman–Crippen MR) is 61.7 cm³/mol. The van der Waals surface area contributed by atoms with Gasteiger partial charge in [0.25, 0.3) is 0 Å². The first-order valence-corrected chi connectivity index (χ1v) is 5.66. The van der Waals surface area contributed by atoms with Crippen molar-refractivity contribution in [1.82, 2.24) is 4.98 Å². The molecule has 6 heteroatoms. The van der Waals surface area contributed by atoms with Crippen LogP contribution in [0.15, 0.2) is 6.07 Å². The van der Waals surface area contributed by atoms with Crippen LogP contribution in [-0.2, 0) is 0 Å². The Morgan fingerprint density at radius 2 is 1.73 bits per heavy atom. The first kappa shape index (κ1) is 14.8. The lowest BCUT2D eigenvalue weighted by atomic mass is 10.5. The van der Waals surface area contributed by atoms with E-state index in [2.05, 4.69) is 24.1 Å². The fraction of sp³-hybridized carbons (Fsp3) is 0.444. The van der Waals surface area contributed by atoms with Gasteiger partial charge in [-0.2, -0.15) is 0 Å². The van der Waals surface area contributed by atoms with Crippen LogP contribution in [0.1, 0.15) is 13.8 Å². The number of nitrogens with two attached hydrogens (primary N) is 1. The fourth-order valence-corrected chi connectivity index (χ4v) is 1.21. The lowest BCUT2D eigenvalue weighted by molar-refractivity contribution is -0.648. The predicted octanol–water partition coefficient (Wildman–Crippen LogP) is 1.70. The van der Waals surface area contributed by atoms with Gasteiger partial charge in [-0.15, -0.1) is 0 Å². The molecule has 0 amide bonds. The third kappa shape index (κ3) is 6.05. The quantitative estimate of drug-likeness (QED) is 0.833. The highest BCUT2D eigenvalue weighted by molar-refractivity contribution is 6.42. The van der Waals surface area contributed by atoms with Crippen molar-refractivity contribution in [3.63, 3.8) is 0 Å². The summed E-state index contributed by atoms with van der Waals surface area (Å²) in [7, 11) is 0. The highest BCUT2D eigenvalue weighted by Crippen LogP contribution is 2.27. The van der Waals surface area contributed by atoms with Crippen LogP contribution in [0.4, 0.5) is 0 Å². The van der Waals surface area contributed by atoms with Crippen molar-refractivity contribution in [3.8, 4) is 5.88 Å². The summed E-state index contributed by atoms with van der Waals surface area (Å²) >= 11 is 16.2. The number of pyridine rings is 1. The van der Waals surface area contributed by atoms with E-state index < -0.39 is 5.88 Å². The zero-order valence-electron chi connectivity index (χ0n) is 8.56. The molecule has 0 saturated heterocycles. The van der Waals surface area contributed by atoms with E-state index in [1.807, 2.05) is 0 Å². The first-order valence-electron chi connectivity index (χ1n) is 4.53. The van der Waals surface area contributed by atoms with Crippen LogP contribution in [0.2, 0.25) is 15.2 Å². The smallest absolute Gasteiger partial charge is 0.146 e. The van der Waals surface area contributed by atoms with E-state index in [9.17, 15) is 5.11 Å². The number of quaternary nitrogens is 1. The molecule has 1 aromatic rings. The molecule has 0 radical (unpaired) electrons. The SMILES string of the molecule is CC[NH2+]CC.[O-]c1nc(Cl)c(Cl)cc1Cl. The minimum absolute atomic E-state index is 0.0175. The average Bonchev–Trinajstić information content (AvgIpc) is 2.17. The number of halogens is 3. The van der Waals surface area contributed by atoms with Crippen molar-refractivity contribution in [2.24, 2.45) is 0 Å². The van der Waals surface area contributed by atoms with Gasteiger partial charge in [-0.25, -0.2) is 4.98 Å². The molecule has 3 nitrogen and oxygen atoms in total. The van der Waals surface area contributed by atoms with Crippen molar-refractivity contribution in [3.05, 3.63) is 21.3 Å². The first-order chi connectivity index (χ1) is 7.02. The summed E-state index contributed by atoms with van der Waals surface area (Å²) < 4.78 is 0. The Hall–Kier alpha value is -0.220. The minimum Gasteiger partial charge on any atom is -0.858 e. The zero-order valence-corrected chi connectivity index (χ0v) is 10.8. The number of hydrogen-bond acceptors (Lipinski definition) is 2. The van der Waals surface area contributed by atoms with E-state index in [-0.39, 0.29) is 15.2 Å². The van der Waals surface area contributed by atoms with E-state index in [0.717, 1.165) is 0 Å². The summed E-state index contributed by atoms with van der Waals surface area (Å²) in [6.45, 7) is 6.75. The highest BCUT2D eigenvalue weighted by atomic mass is 35.5. The van der Waals surface area contributed by atoms with Gasteiger partial charge in [0, 0.05) is 5.88 Å². The maximum atomic E-state index is 10.6. The third-order valence-corrected chi connectivity index (χ3v) is 2.38. The van der Waals surface area contributed by atoms with Gasteiger partial charge in [0.05, 0.1) is 23.1 Å². The van der Waals surface area contributed by atoms with E-state index in [4.69, 9.17) is 34.8 Å². The molecule has 0 aliphatic carbocycles. The van der Waals surface area contributed by atoms with Crippen LogP contribution in [0.3, 0.4) is 0 Å². The summed E-state index contributed by atoms with van der Waals surface area (Å²) in [5.41, 5.74) is 0. The molecule has 0 aliphatic heterocycles. The van der Waals surface area contributed by atoms with Crippen LogP contribution < -0.4 is 10.4 Å². The zero-order chi connectivity index (χ0) is 11.8. The number of hydrogen-bond donors (Lipinski definition) is 1. The number of aromatic nitrogens is 1. The van der Waals surface area contributed by atoms with Crippen LogP contribution in [0, 0.1) is 0 Å². The summed E-state index contributed by atoms with van der Waals surface area (Å²) in [6, 6.07) is 1.26. The Morgan fingerprint density at radius 3 is 2.07 bits per heavy atom. The molecule has 0 saturated carbocycles. The molecule has 0 spiro atoms. The molecule has 0 fully saturated rings.